The fourth-order valence-corrected chi connectivity index (χ4v) is 2.41. The van der Waals surface area contributed by atoms with E-state index < -0.39 is 22.0 Å². The summed E-state index contributed by atoms with van der Waals surface area (Å²) >= 11 is 0. The topological polar surface area (TPSA) is 119 Å². The van der Waals surface area contributed by atoms with Crippen LogP contribution < -0.4 is 15.2 Å². The lowest BCUT2D eigenvalue weighted by molar-refractivity contribution is -0.138. The fraction of sp³-hybridized carbons (Fsp3) is 0.300. The molecule has 0 fully saturated rings. The van der Waals surface area contributed by atoms with Crippen LogP contribution in [0.25, 0.3) is 0 Å². The highest BCUT2D eigenvalue weighted by Gasteiger charge is 2.23. The van der Waals surface area contributed by atoms with Gasteiger partial charge in [-0.05, 0) is 24.3 Å². The number of halogens is 1. The van der Waals surface area contributed by atoms with Gasteiger partial charge in [0, 0.05) is 6.54 Å². The van der Waals surface area contributed by atoms with Crippen LogP contribution in [-0.2, 0) is 14.8 Å². The Morgan fingerprint density at radius 3 is 2.32 bits per heavy atom. The van der Waals surface area contributed by atoms with Crippen LogP contribution in [-0.4, -0.2) is 39.2 Å². The van der Waals surface area contributed by atoms with Gasteiger partial charge >= 0.3 is 5.97 Å². The van der Waals surface area contributed by atoms with Crippen molar-refractivity contribution in [3.63, 3.8) is 0 Å². The summed E-state index contributed by atoms with van der Waals surface area (Å²) in [6.45, 7) is -0.329. The van der Waals surface area contributed by atoms with Gasteiger partial charge in [0.15, 0.2) is 0 Å². The van der Waals surface area contributed by atoms with Gasteiger partial charge in [-0.15, -0.1) is 12.4 Å². The number of nitrogens with one attached hydrogen (secondary N) is 1. The standard InChI is InChI=1S/C10H14N2O5S.ClH/c1-17-7-2-4-8(5-3-7)18(15,16)12-9(6-11)10(13)14;/h2-5,9,12H,6,11H2,1H3,(H,13,14);1H/t9-;/m0./s1. The van der Waals surface area contributed by atoms with Gasteiger partial charge in [0.1, 0.15) is 11.8 Å². The third-order valence-electron chi connectivity index (χ3n) is 2.20. The number of hydrogen-bond acceptors (Lipinski definition) is 5. The molecule has 4 N–H and O–H groups in total. The van der Waals surface area contributed by atoms with Gasteiger partial charge < -0.3 is 15.6 Å². The van der Waals surface area contributed by atoms with Crippen LogP contribution in [0.5, 0.6) is 5.75 Å². The van der Waals surface area contributed by atoms with Gasteiger partial charge in [0.25, 0.3) is 0 Å². The first-order chi connectivity index (χ1) is 8.40. The van der Waals surface area contributed by atoms with Crippen molar-refractivity contribution in [2.45, 2.75) is 10.9 Å². The predicted octanol–water partition coefficient (Wildman–Crippen LogP) is -0.193. The van der Waals surface area contributed by atoms with E-state index in [0.717, 1.165) is 0 Å². The van der Waals surface area contributed by atoms with Crippen LogP contribution in [0.1, 0.15) is 0 Å². The molecule has 0 saturated heterocycles. The molecule has 0 amide bonds. The van der Waals surface area contributed by atoms with E-state index in [9.17, 15) is 13.2 Å². The SMILES string of the molecule is COc1ccc(S(=O)(=O)N[C@@H](CN)C(=O)O)cc1.Cl. The fourth-order valence-electron chi connectivity index (χ4n) is 1.21. The minimum atomic E-state index is -3.91. The van der Waals surface area contributed by atoms with Gasteiger partial charge in [-0.1, -0.05) is 0 Å². The normalized spacial score (nSPS) is 12.3. The van der Waals surface area contributed by atoms with Crippen molar-refractivity contribution < 1.29 is 23.1 Å². The quantitative estimate of drug-likeness (QED) is 0.670. The second kappa shape index (κ2) is 7.29. The smallest absolute Gasteiger partial charge is 0.323 e. The number of rotatable bonds is 6. The molecule has 0 aromatic heterocycles. The van der Waals surface area contributed by atoms with Crippen molar-refractivity contribution in [1.82, 2.24) is 4.72 Å². The minimum absolute atomic E-state index is 0. The maximum absolute atomic E-state index is 11.8. The molecule has 7 nitrogen and oxygen atoms in total. The summed E-state index contributed by atoms with van der Waals surface area (Å²) in [4.78, 5) is 10.7. The number of methoxy groups -OCH3 is 1. The Balaban J connectivity index is 0.00000324. The van der Waals surface area contributed by atoms with Gasteiger partial charge in [-0.2, -0.15) is 4.72 Å². The predicted molar refractivity (Wildman–Crippen MR) is 71.0 cm³/mol. The van der Waals surface area contributed by atoms with Crippen molar-refractivity contribution in [3.05, 3.63) is 24.3 Å². The molecule has 1 aromatic carbocycles. The summed E-state index contributed by atoms with van der Waals surface area (Å²) in [6, 6.07) is 4.21. The van der Waals surface area contributed by atoms with Crippen molar-refractivity contribution in [2.75, 3.05) is 13.7 Å². The molecule has 0 spiro atoms. The van der Waals surface area contributed by atoms with E-state index in [-0.39, 0.29) is 23.8 Å². The van der Waals surface area contributed by atoms with E-state index in [1.54, 1.807) is 0 Å². The monoisotopic (exact) mass is 310 g/mol. The molecular weight excluding hydrogens is 296 g/mol. The Kier molecular flexibility index (Phi) is 6.77. The second-order valence-corrected chi connectivity index (χ2v) is 5.14. The number of nitrogens with two attached hydrogens (primary N) is 1. The highest BCUT2D eigenvalue weighted by molar-refractivity contribution is 7.89. The second-order valence-electron chi connectivity index (χ2n) is 3.42. The molecule has 0 unspecified atom stereocenters. The van der Waals surface area contributed by atoms with E-state index in [2.05, 4.69) is 0 Å². The van der Waals surface area contributed by atoms with E-state index >= 15 is 0 Å². The zero-order chi connectivity index (χ0) is 13.8. The summed E-state index contributed by atoms with van der Waals surface area (Å²) in [7, 11) is -2.45. The van der Waals surface area contributed by atoms with E-state index in [4.69, 9.17) is 15.6 Å². The zero-order valence-corrected chi connectivity index (χ0v) is 11.7. The maximum atomic E-state index is 11.8. The summed E-state index contributed by atoms with van der Waals surface area (Å²) in [5.74, 6) is -0.822. The molecule has 1 aromatic rings. The zero-order valence-electron chi connectivity index (χ0n) is 10.1. The Bertz CT molecular complexity index is 517. The average Bonchev–Trinajstić information content (AvgIpc) is 2.35. The van der Waals surface area contributed by atoms with Gasteiger partial charge in [-0.25, -0.2) is 8.42 Å². The lowest BCUT2D eigenvalue weighted by Crippen LogP contribution is -2.45. The average molecular weight is 311 g/mol. The number of aliphatic carboxylic acids is 1. The molecule has 1 rings (SSSR count). The van der Waals surface area contributed by atoms with E-state index in [1.165, 1.54) is 31.4 Å². The van der Waals surface area contributed by atoms with Crippen molar-refractivity contribution in [3.8, 4) is 5.75 Å². The van der Waals surface area contributed by atoms with Crippen molar-refractivity contribution >= 4 is 28.4 Å². The number of carboxylic acids is 1. The molecule has 9 heteroatoms. The third-order valence-corrected chi connectivity index (χ3v) is 3.69. The lowest BCUT2D eigenvalue weighted by Gasteiger charge is -2.12. The minimum Gasteiger partial charge on any atom is -0.497 e. The lowest BCUT2D eigenvalue weighted by atomic mass is 10.3. The Labute approximate surface area is 117 Å². The molecule has 0 saturated carbocycles. The molecule has 1 atom stereocenters. The number of benzene rings is 1. The number of carbonyl (C=O) groups is 1. The first kappa shape index (κ1) is 17.6. The van der Waals surface area contributed by atoms with Crippen LogP contribution in [0.2, 0.25) is 0 Å². The van der Waals surface area contributed by atoms with Crippen molar-refractivity contribution in [2.24, 2.45) is 5.73 Å². The molecule has 0 bridgehead atoms. The maximum Gasteiger partial charge on any atom is 0.323 e. The summed E-state index contributed by atoms with van der Waals surface area (Å²) in [6.07, 6.45) is 0. The molecule has 108 valence electrons. The highest BCUT2D eigenvalue weighted by atomic mass is 35.5. The third kappa shape index (κ3) is 4.67. The molecule has 0 radical (unpaired) electrons. The van der Waals surface area contributed by atoms with Crippen LogP contribution in [0.3, 0.4) is 0 Å². The number of sulfonamides is 1. The van der Waals surface area contributed by atoms with Gasteiger partial charge in [0.05, 0.1) is 12.0 Å². The van der Waals surface area contributed by atoms with Crippen LogP contribution in [0.15, 0.2) is 29.2 Å². The molecule has 0 heterocycles. The van der Waals surface area contributed by atoms with Crippen LogP contribution in [0.4, 0.5) is 0 Å². The molecule has 0 aliphatic rings. The largest absolute Gasteiger partial charge is 0.497 e. The first-order valence-electron chi connectivity index (χ1n) is 5.00. The van der Waals surface area contributed by atoms with Gasteiger partial charge in [-0.3, -0.25) is 4.79 Å². The number of carboxylic acid groups (broad SMARTS) is 1. The molecule has 0 aliphatic carbocycles. The Morgan fingerprint density at radius 1 is 1.42 bits per heavy atom. The molecule has 0 aliphatic heterocycles. The summed E-state index contributed by atoms with van der Waals surface area (Å²) in [5.41, 5.74) is 5.18. The van der Waals surface area contributed by atoms with E-state index in [0.29, 0.717) is 5.75 Å². The van der Waals surface area contributed by atoms with Crippen LogP contribution >= 0.6 is 12.4 Å². The number of ether oxygens (including phenoxy) is 1. The first-order valence-corrected chi connectivity index (χ1v) is 6.48. The Hall–Kier alpha value is -1.35. The van der Waals surface area contributed by atoms with Crippen molar-refractivity contribution in [1.29, 1.82) is 0 Å². The highest BCUT2D eigenvalue weighted by Crippen LogP contribution is 2.15. The molecule has 19 heavy (non-hydrogen) atoms. The van der Waals surface area contributed by atoms with Gasteiger partial charge in [0.2, 0.25) is 10.0 Å². The summed E-state index contributed by atoms with van der Waals surface area (Å²) in [5, 5.41) is 8.74. The molecular formula is C10H15ClN2O5S. The van der Waals surface area contributed by atoms with E-state index in [1.807, 2.05) is 4.72 Å². The number of hydrogen-bond donors (Lipinski definition) is 3. The Morgan fingerprint density at radius 2 is 1.95 bits per heavy atom. The van der Waals surface area contributed by atoms with Crippen LogP contribution in [0, 0.1) is 0 Å². The summed E-state index contributed by atoms with van der Waals surface area (Å²) < 4.78 is 30.6.